The van der Waals surface area contributed by atoms with Crippen LogP contribution in [0.15, 0.2) is 27.6 Å². The van der Waals surface area contributed by atoms with Gasteiger partial charge in [0.15, 0.2) is 9.84 Å². The molecule has 1 amide bonds. The molecule has 1 aromatic rings. The average molecular weight is 398 g/mol. The zero-order valence-electron chi connectivity index (χ0n) is 11.6. The maximum Gasteiger partial charge on any atom is 0.253 e. The third kappa shape index (κ3) is 4.42. The van der Waals surface area contributed by atoms with Crippen molar-refractivity contribution in [3.8, 4) is 0 Å². The molecular weight excluding hydrogens is 380 g/mol. The summed E-state index contributed by atoms with van der Waals surface area (Å²) in [5, 5.41) is 0. The number of nitrogens with zero attached hydrogens (tertiary/aromatic N) is 1. The van der Waals surface area contributed by atoms with Gasteiger partial charge in [0.25, 0.3) is 5.91 Å². The predicted octanol–water partition coefficient (Wildman–Crippen LogP) is 1.84. The highest BCUT2D eigenvalue weighted by Gasteiger charge is 2.23. The number of sulfone groups is 1. The highest BCUT2D eigenvalue weighted by atomic mass is 79.9. The molecule has 1 fully saturated rings. The van der Waals surface area contributed by atoms with Crippen molar-refractivity contribution in [3.05, 3.63) is 28.2 Å². The van der Waals surface area contributed by atoms with E-state index in [-0.39, 0.29) is 29.3 Å². The fourth-order valence-corrected chi connectivity index (χ4v) is 4.10. The molecule has 0 aliphatic carbocycles. The maximum absolute atomic E-state index is 12.4. The minimum atomic E-state index is -3.37. The summed E-state index contributed by atoms with van der Waals surface area (Å²) in [6, 6.07) is 4.81. The second-order valence-electron chi connectivity index (χ2n) is 5.05. The number of hydrogen-bond donors (Lipinski definition) is 1. The standard InChI is InChI=1S/C13H17BrN2O3S.ClH/c1-20(18,19)12-8-9(2-3-11(12)14)13(17)16-6-4-10(15)5-7-16;/h2-3,8,10H,4-7,15H2,1H3;1H. The van der Waals surface area contributed by atoms with Crippen LogP contribution in [0.1, 0.15) is 23.2 Å². The molecule has 1 aliphatic heterocycles. The summed E-state index contributed by atoms with van der Waals surface area (Å²) in [6.45, 7) is 1.23. The predicted molar refractivity (Wildman–Crippen MR) is 87.6 cm³/mol. The van der Waals surface area contributed by atoms with E-state index >= 15 is 0 Å². The topological polar surface area (TPSA) is 80.5 Å². The van der Waals surface area contributed by atoms with Crippen LogP contribution in [-0.4, -0.2) is 44.6 Å². The highest BCUT2D eigenvalue weighted by molar-refractivity contribution is 9.10. The fourth-order valence-electron chi connectivity index (χ4n) is 2.21. The molecule has 5 nitrogen and oxygen atoms in total. The van der Waals surface area contributed by atoms with E-state index in [1.54, 1.807) is 17.0 Å². The van der Waals surface area contributed by atoms with Crippen molar-refractivity contribution >= 4 is 44.1 Å². The first-order valence-electron chi connectivity index (χ1n) is 6.33. The van der Waals surface area contributed by atoms with Crippen LogP contribution in [0.3, 0.4) is 0 Å². The summed E-state index contributed by atoms with van der Waals surface area (Å²) in [4.78, 5) is 14.2. The van der Waals surface area contributed by atoms with Crippen molar-refractivity contribution in [1.82, 2.24) is 4.90 Å². The Kier molecular flexibility index (Phi) is 6.22. The number of hydrogen-bond acceptors (Lipinski definition) is 4. The summed E-state index contributed by atoms with van der Waals surface area (Å²) in [5.74, 6) is -0.144. The lowest BCUT2D eigenvalue weighted by Gasteiger charge is -2.30. The van der Waals surface area contributed by atoms with Gasteiger partial charge in [-0.3, -0.25) is 4.79 Å². The van der Waals surface area contributed by atoms with Gasteiger partial charge < -0.3 is 10.6 Å². The van der Waals surface area contributed by atoms with Gasteiger partial charge in [0, 0.05) is 35.4 Å². The second-order valence-corrected chi connectivity index (χ2v) is 7.89. The molecular formula is C13H18BrClN2O3S. The molecule has 118 valence electrons. The van der Waals surface area contributed by atoms with Gasteiger partial charge >= 0.3 is 0 Å². The van der Waals surface area contributed by atoms with Gasteiger partial charge in [0.05, 0.1) is 4.90 Å². The summed E-state index contributed by atoms with van der Waals surface area (Å²) in [5.41, 5.74) is 6.21. The van der Waals surface area contributed by atoms with Crippen molar-refractivity contribution < 1.29 is 13.2 Å². The fraction of sp³-hybridized carbons (Fsp3) is 0.462. The van der Waals surface area contributed by atoms with E-state index < -0.39 is 9.84 Å². The summed E-state index contributed by atoms with van der Waals surface area (Å²) >= 11 is 3.20. The normalized spacial score (nSPS) is 16.4. The minimum Gasteiger partial charge on any atom is -0.339 e. The maximum atomic E-state index is 12.4. The van der Waals surface area contributed by atoms with E-state index in [0.717, 1.165) is 19.1 Å². The number of carbonyl (C=O) groups excluding carboxylic acids is 1. The largest absolute Gasteiger partial charge is 0.339 e. The molecule has 0 bridgehead atoms. The number of benzene rings is 1. The van der Waals surface area contributed by atoms with Crippen LogP contribution in [-0.2, 0) is 9.84 Å². The SMILES string of the molecule is CS(=O)(=O)c1cc(C(=O)N2CCC(N)CC2)ccc1Br.Cl. The molecule has 0 unspecified atom stereocenters. The Bertz CT molecular complexity index is 628. The summed E-state index contributed by atoms with van der Waals surface area (Å²) < 4.78 is 23.8. The Morgan fingerprint density at radius 3 is 2.43 bits per heavy atom. The highest BCUT2D eigenvalue weighted by Crippen LogP contribution is 2.24. The lowest BCUT2D eigenvalue weighted by Crippen LogP contribution is -2.42. The van der Waals surface area contributed by atoms with Gasteiger partial charge in [0.1, 0.15) is 0 Å². The van der Waals surface area contributed by atoms with Crippen LogP contribution in [0.2, 0.25) is 0 Å². The van der Waals surface area contributed by atoms with E-state index in [1.165, 1.54) is 6.07 Å². The number of carbonyl (C=O) groups is 1. The molecule has 0 spiro atoms. The van der Waals surface area contributed by atoms with Crippen molar-refractivity contribution in [2.45, 2.75) is 23.8 Å². The van der Waals surface area contributed by atoms with Crippen LogP contribution < -0.4 is 5.73 Å². The first kappa shape index (κ1) is 18.4. The van der Waals surface area contributed by atoms with E-state index in [9.17, 15) is 13.2 Å². The third-order valence-corrected chi connectivity index (χ3v) is 5.50. The molecule has 0 atom stereocenters. The zero-order chi connectivity index (χ0) is 14.9. The van der Waals surface area contributed by atoms with Crippen LogP contribution in [0.4, 0.5) is 0 Å². The van der Waals surface area contributed by atoms with E-state index in [4.69, 9.17) is 5.73 Å². The molecule has 0 aromatic heterocycles. The molecule has 1 aromatic carbocycles. The number of rotatable bonds is 2. The van der Waals surface area contributed by atoms with Crippen LogP contribution in [0, 0.1) is 0 Å². The monoisotopic (exact) mass is 396 g/mol. The second kappa shape index (κ2) is 7.09. The van der Waals surface area contributed by atoms with Crippen LogP contribution in [0.25, 0.3) is 0 Å². The quantitative estimate of drug-likeness (QED) is 0.825. The van der Waals surface area contributed by atoms with Crippen molar-refractivity contribution in [1.29, 1.82) is 0 Å². The molecule has 1 saturated heterocycles. The Balaban J connectivity index is 0.00000220. The van der Waals surface area contributed by atoms with Crippen LogP contribution >= 0.6 is 28.3 Å². The lowest BCUT2D eigenvalue weighted by molar-refractivity contribution is 0.0714. The van der Waals surface area contributed by atoms with Gasteiger partial charge in [0.2, 0.25) is 0 Å². The third-order valence-electron chi connectivity index (χ3n) is 3.40. The Morgan fingerprint density at radius 1 is 1.33 bits per heavy atom. The van der Waals surface area contributed by atoms with E-state index in [0.29, 0.717) is 23.1 Å². The zero-order valence-corrected chi connectivity index (χ0v) is 14.8. The molecule has 1 aliphatic rings. The number of piperidine rings is 1. The molecule has 1 heterocycles. The molecule has 0 saturated carbocycles. The van der Waals surface area contributed by atoms with Gasteiger partial charge in [-0.1, -0.05) is 0 Å². The van der Waals surface area contributed by atoms with Crippen molar-refractivity contribution in [2.75, 3.05) is 19.3 Å². The van der Waals surface area contributed by atoms with E-state index in [2.05, 4.69) is 15.9 Å². The Labute approximate surface area is 139 Å². The lowest BCUT2D eigenvalue weighted by atomic mass is 10.0. The first-order chi connectivity index (χ1) is 9.29. The number of halogens is 2. The molecule has 2 N–H and O–H groups in total. The first-order valence-corrected chi connectivity index (χ1v) is 9.02. The summed E-state index contributed by atoms with van der Waals surface area (Å²) in [7, 11) is -3.37. The number of amides is 1. The van der Waals surface area contributed by atoms with Crippen molar-refractivity contribution in [2.24, 2.45) is 5.73 Å². The van der Waals surface area contributed by atoms with Crippen LogP contribution in [0.5, 0.6) is 0 Å². The molecule has 21 heavy (non-hydrogen) atoms. The van der Waals surface area contributed by atoms with Crippen molar-refractivity contribution in [3.63, 3.8) is 0 Å². The minimum absolute atomic E-state index is 0. The Hall–Kier alpha value is -0.630. The average Bonchev–Trinajstić information content (AvgIpc) is 2.38. The van der Waals surface area contributed by atoms with Gasteiger partial charge in [-0.15, -0.1) is 12.4 Å². The van der Waals surface area contributed by atoms with Gasteiger partial charge in [-0.2, -0.15) is 0 Å². The van der Waals surface area contributed by atoms with Gasteiger partial charge in [-0.25, -0.2) is 8.42 Å². The number of likely N-dealkylation sites (tertiary alicyclic amines) is 1. The molecule has 8 heteroatoms. The summed E-state index contributed by atoms with van der Waals surface area (Å²) in [6.07, 6.45) is 2.68. The number of nitrogens with two attached hydrogens (primary N) is 1. The van der Waals surface area contributed by atoms with E-state index in [1.807, 2.05) is 0 Å². The molecule has 0 radical (unpaired) electrons. The molecule has 2 rings (SSSR count). The smallest absolute Gasteiger partial charge is 0.253 e. The Morgan fingerprint density at radius 2 is 1.90 bits per heavy atom. The van der Waals surface area contributed by atoms with Gasteiger partial charge in [-0.05, 0) is 47.0 Å².